The molecule has 1 N–H and O–H groups in total. The summed E-state index contributed by atoms with van der Waals surface area (Å²) in [6.07, 6.45) is 3.33. The minimum atomic E-state index is -0.972. The van der Waals surface area contributed by atoms with Gasteiger partial charge in [0.1, 0.15) is 0 Å². The fraction of sp³-hybridized carbons (Fsp3) is 0.467. The number of likely N-dealkylation sites (tertiary alicyclic amines) is 1. The van der Waals surface area contributed by atoms with Crippen LogP contribution in [0.4, 0.5) is 0 Å². The lowest BCUT2D eigenvalue weighted by Gasteiger charge is -2.33. The van der Waals surface area contributed by atoms with Crippen LogP contribution < -0.4 is 0 Å². The van der Waals surface area contributed by atoms with Gasteiger partial charge >= 0.3 is 5.97 Å². The van der Waals surface area contributed by atoms with E-state index in [4.69, 9.17) is 5.11 Å². The van der Waals surface area contributed by atoms with Gasteiger partial charge in [-0.25, -0.2) is 4.79 Å². The van der Waals surface area contributed by atoms with Crippen molar-refractivity contribution in [2.75, 3.05) is 12.3 Å². The third kappa shape index (κ3) is 4.23. The number of hydrogen-bond acceptors (Lipinski definition) is 3. The van der Waals surface area contributed by atoms with E-state index in [1.165, 1.54) is 18.2 Å². The zero-order chi connectivity index (χ0) is 15.4. The molecule has 0 radical (unpaired) electrons. The lowest BCUT2D eigenvalue weighted by molar-refractivity contribution is -0.131. The van der Waals surface area contributed by atoms with E-state index in [0.29, 0.717) is 16.3 Å². The van der Waals surface area contributed by atoms with Gasteiger partial charge in [-0.2, -0.15) is 0 Å². The van der Waals surface area contributed by atoms with E-state index < -0.39 is 5.97 Å². The highest BCUT2D eigenvalue weighted by Crippen LogP contribution is 2.26. The fourth-order valence-electron chi connectivity index (χ4n) is 2.45. The molecular formula is C15H18BrNO3S. The molecule has 4 nitrogen and oxygen atoms in total. The standard InChI is InChI=1S/C15H18BrNO3S/c1-10-4-2-3-7-17(10)14(18)9-21-11-5-6-13(16)12(8-11)15(19)20/h5-6,8,10H,2-4,7,9H2,1H3,(H,19,20). The maximum absolute atomic E-state index is 12.2. The zero-order valence-corrected chi connectivity index (χ0v) is 14.2. The van der Waals surface area contributed by atoms with Gasteiger partial charge in [0, 0.05) is 22.0 Å². The quantitative estimate of drug-likeness (QED) is 0.820. The van der Waals surface area contributed by atoms with Crippen molar-refractivity contribution in [2.45, 2.75) is 37.1 Å². The number of carbonyl (C=O) groups excluding carboxylic acids is 1. The molecule has 1 atom stereocenters. The second kappa shape index (κ2) is 7.31. The predicted molar refractivity (Wildman–Crippen MR) is 86.9 cm³/mol. The first-order valence-corrected chi connectivity index (χ1v) is 8.72. The minimum absolute atomic E-state index is 0.131. The number of thioether (sulfide) groups is 1. The number of carboxylic acids is 1. The Morgan fingerprint density at radius 3 is 2.86 bits per heavy atom. The van der Waals surface area contributed by atoms with Crippen molar-refractivity contribution in [3.63, 3.8) is 0 Å². The van der Waals surface area contributed by atoms with E-state index in [2.05, 4.69) is 22.9 Å². The summed E-state index contributed by atoms with van der Waals surface area (Å²) in [5.41, 5.74) is 0.221. The molecule has 114 valence electrons. The predicted octanol–water partition coefficient (Wildman–Crippen LogP) is 3.64. The van der Waals surface area contributed by atoms with Crippen molar-refractivity contribution in [1.29, 1.82) is 0 Å². The first-order valence-electron chi connectivity index (χ1n) is 6.94. The van der Waals surface area contributed by atoms with E-state index in [1.807, 2.05) is 11.0 Å². The van der Waals surface area contributed by atoms with Gasteiger partial charge in [0.15, 0.2) is 0 Å². The Balaban J connectivity index is 1.98. The topological polar surface area (TPSA) is 57.6 Å². The van der Waals surface area contributed by atoms with Crippen molar-refractivity contribution in [3.8, 4) is 0 Å². The third-order valence-corrected chi connectivity index (χ3v) is 5.32. The molecule has 0 spiro atoms. The van der Waals surface area contributed by atoms with E-state index in [9.17, 15) is 9.59 Å². The highest BCUT2D eigenvalue weighted by molar-refractivity contribution is 9.10. The summed E-state index contributed by atoms with van der Waals surface area (Å²) < 4.78 is 0.551. The van der Waals surface area contributed by atoms with Crippen molar-refractivity contribution in [1.82, 2.24) is 4.90 Å². The van der Waals surface area contributed by atoms with E-state index >= 15 is 0 Å². The van der Waals surface area contributed by atoms with Crippen molar-refractivity contribution < 1.29 is 14.7 Å². The van der Waals surface area contributed by atoms with Crippen LogP contribution in [-0.2, 0) is 4.79 Å². The maximum Gasteiger partial charge on any atom is 0.336 e. The van der Waals surface area contributed by atoms with E-state index in [0.717, 1.165) is 24.3 Å². The molecule has 0 bridgehead atoms. The normalized spacial score (nSPS) is 18.6. The van der Waals surface area contributed by atoms with Crippen LogP contribution in [0.25, 0.3) is 0 Å². The van der Waals surface area contributed by atoms with Gasteiger partial charge < -0.3 is 10.0 Å². The van der Waals surface area contributed by atoms with Crippen molar-refractivity contribution >= 4 is 39.6 Å². The Kier molecular flexibility index (Phi) is 5.70. The molecule has 1 saturated heterocycles. The summed E-state index contributed by atoms with van der Waals surface area (Å²) in [5, 5.41) is 9.09. The monoisotopic (exact) mass is 371 g/mol. The number of carboxylic acid groups (broad SMARTS) is 1. The third-order valence-electron chi connectivity index (χ3n) is 3.65. The molecule has 1 aliphatic heterocycles. The van der Waals surface area contributed by atoms with Gasteiger partial charge in [0.2, 0.25) is 5.91 Å². The molecule has 1 aromatic carbocycles. The molecule has 21 heavy (non-hydrogen) atoms. The molecule has 2 rings (SSSR count). The second-order valence-electron chi connectivity index (χ2n) is 5.17. The van der Waals surface area contributed by atoms with Crippen LogP contribution in [0.15, 0.2) is 27.6 Å². The zero-order valence-electron chi connectivity index (χ0n) is 11.8. The Labute approximate surface area is 137 Å². The maximum atomic E-state index is 12.2. The van der Waals surface area contributed by atoms with Gasteiger partial charge in [-0.15, -0.1) is 11.8 Å². The fourth-order valence-corrected chi connectivity index (χ4v) is 3.69. The smallest absolute Gasteiger partial charge is 0.336 e. The summed E-state index contributed by atoms with van der Waals surface area (Å²) >= 11 is 4.61. The van der Waals surface area contributed by atoms with Gasteiger partial charge in [-0.05, 0) is 60.3 Å². The minimum Gasteiger partial charge on any atom is -0.478 e. The molecule has 6 heteroatoms. The van der Waals surface area contributed by atoms with Crippen LogP contribution in [0.2, 0.25) is 0 Å². The average molecular weight is 372 g/mol. The number of aromatic carboxylic acids is 1. The number of halogens is 1. The van der Waals surface area contributed by atoms with Crippen molar-refractivity contribution in [2.24, 2.45) is 0 Å². The number of benzene rings is 1. The highest BCUT2D eigenvalue weighted by atomic mass is 79.9. The molecule has 1 aliphatic rings. The molecule has 1 heterocycles. The Bertz CT molecular complexity index is 550. The molecule has 1 aromatic rings. The molecule has 1 amide bonds. The number of nitrogens with zero attached hydrogens (tertiary/aromatic N) is 1. The highest BCUT2D eigenvalue weighted by Gasteiger charge is 2.23. The van der Waals surface area contributed by atoms with Crippen LogP contribution in [-0.4, -0.2) is 40.2 Å². The molecule has 1 fully saturated rings. The van der Waals surface area contributed by atoms with Crippen molar-refractivity contribution in [3.05, 3.63) is 28.2 Å². The summed E-state index contributed by atoms with van der Waals surface area (Å²) in [5.74, 6) is -0.488. The van der Waals surface area contributed by atoms with Crippen LogP contribution in [0.5, 0.6) is 0 Å². The SMILES string of the molecule is CC1CCCCN1C(=O)CSc1ccc(Br)c(C(=O)O)c1. The van der Waals surface area contributed by atoms with Crippen LogP contribution >= 0.6 is 27.7 Å². The summed E-state index contributed by atoms with van der Waals surface area (Å²) in [4.78, 5) is 26.1. The Hall–Kier alpha value is -1.01. The van der Waals surface area contributed by atoms with Gasteiger partial charge in [-0.3, -0.25) is 4.79 Å². The van der Waals surface area contributed by atoms with Crippen LogP contribution in [0.1, 0.15) is 36.5 Å². The first-order chi connectivity index (χ1) is 9.99. The number of hydrogen-bond donors (Lipinski definition) is 1. The van der Waals surface area contributed by atoms with Gasteiger partial charge in [0.05, 0.1) is 11.3 Å². The Morgan fingerprint density at radius 2 is 2.19 bits per heavy atom. The van der Waals surface area contributed by atoms with Gasteiger partial charge in [-0.1, -0.05) is 0 Å². The summed E-state index contributed by atoms with van der Waals surface area (Å²) in [7, 11) is 0. The molecule has 0 saturated carbocycles. The number of rotatable bonds is 4. The molecule has 0 aliphatic carbocycles. The van der Waals surface area contributed by atoms with Gasteiger partial charge in [0.25, 0.3) is 0 Å². The largest absolute Gasteiger partial charge is 0.478 e. The summed E-state index contributed by atoms with van der Waals surface area (Å²) in [6.45, 7) is 2.92. The van der Waals surface area contributed by atoms with E-state index in [1.54, 1.807) is 12.1 Å². The first kappa shape index (κ1) is 16.4. The molecular weight excluding hydrogens is 354 g/mol. The second-order valence-corrected chi connectivity index (χ2v) is 7.07. The number of piperidine rings is 1. The summed E-state index contributed by atoms with van der Waals surface area (Å²) in [6, 6.07) is 5.45. The lowest BCUT2D eigenvalue weighted by atomic mass is 10.0. The van der Waals surface area contributed by atoms with Crippen LogP contribution in [0.3, 0.4) is 0 Å². The number of carbonyl (C=O) groups is 2. The van der Waals surface area contributed by atoms with Crippen LogP contribution in [0, 0.1) is 0 Å². The Morgan fingerprint density at radius 1 is 1.43 bits per heavy atom. The molecule has 0 aromatic heterocycles. The lowest BCUT2D eigenvalue weighted by Crippen LogP contribution is -2.42. The average Bonchev–Trinajstić information content (AvgIpc) is 2.46. The number of amides is 1. The van der Waals surface area contributed by atoms with E-state index in [-0.39, 0.29) is 11.5 Å². The molecule has 1 unspecified atom stereocenters.